The summed E-state index contributed by atoms with van der Waals surface area (Å²) in [7, 11) is 5.82. The highest BCUT2D eigenvalue weighted by molar-refractivity contribution is 14.0. The summed E-state index contributed by atoms with van der Waals surface area (Å²) < 4.78 is 5.26. The maximum Gasteiger partial charge on any atom is 0.193 e. The van der Waals surface area contributed by atoms with Crippen molar-refractivity contribution in [3.63, 3.8) is 0 Å². The highest BCUT2D eigenvalue weighted by Gasteiger charge is 2.20. The molecule has 0 aromatic heterocycles. The third-order valence-electron chi connectivity index (χ3n) is 5.97. The molecule has 0 radical (unpaired) electrons. The van der Waals surface area contributed by atoms with E-state index in [0.717, 1.165) is 50.9 Å². The normalized spacial score (nSPS) is 19.2. The molecule has 2 aliphatic rings. The molecule has 30 heavy (non-hydrogen) atoms. The molecule has 8 heteroatoms. The maximum absolute atomic E-state index is 5.26. The fraction of sp³-hybridized carbons (Fsp3) is 0.682. The van der Waals surface area contributed by atoms with E-state index in [9.17, 15) is 0 Å². The molecule has 0 saturated carbocycles. The van der Waals surface area contributed by atoms with E-state index in [2.05, 4.69) is 49.1 Å². The first-order valence-corrected chi connectivity index (χ1v) is 10.9. The van der Waals surface area contributed by atoms with Crippen LogP contribution in [0.4, 0.5) is 5.69 Å². The molecule has 0 spiro atoms. The molecule has 0 bridgehead atoms. The number of ether oxygens (including phenoxy) is 1. The minimum Gasteiger partial charge on any atom is -0.497 e. The molecule has 2 saturated heterocycles. The van der Waals surface area contributed by atoms with Crippen molar-refractivity contribution in [2.75, 3.05) is 91.6 Å². The third kappa shape index (κ3) is 7.46. The van der Waals surface area contributed by atoms with E-state index >= 15 is 0 Å². The van der Waals surface area contributed by atoms with Crippen LogP contribution < -0.4 is 15.0 Å². The van der Waals surface area contributed by atoms with Gasteiger partial charge in [0.15, 0.2) is 5.96 Å². The maximum atomic E-state index is 5.26. The molecule has 1 aromatic carbocycles. The van der Waals surface area contributed by atoms with Crippen molar-refractivity contribution in [1.82, 2.24) is 20.0 Å². The quantitative estimate of drug-likeness (QED) is 0.263. The van der Waals surface area contributed by atoms with E-state index in [4.69, 9.17) is 4.74 Å². The predicted octanol–water partition coefficient (Wildman–Crippen LogP) is 2.04. The van der Waals surface area contributed by atoms with Crippen molar-refractivity contribution in [1.29, 1.82) is 0 Å². The molecule has 1 N–H and O–H groups in total. The fourth-order valence-electron chi connectivity index (χ4n) is 4.13. The summed E-state index contributed by atoms with van der Waals surface area (Å²) in [6.45, 7) is 11.0. The lowest BCUT2D eigenvalue weighted by atomic mass is 10.2. The molecule has 0 atom stereocenters. The van der Waals surface area contributed by atoms with Gasteiger partial charge in [-0.1, -0.05) is 0 Å². The van der Waals surface area contributed by atoms with E-state index in [1.807, 2.05) is 19.2 Å². The van der Waals surface area contributed by atoms with Crippen LogP contribution in [0.2, 0.25) is 0 Å². The molecule has 0 aliphatic carbocycles. The molecule has 0 amide bonds. The molecule has 7 nitrogen and oxygen atoms in total. The summed E-state index contributed by atoms with van der Waals surface area (Å²) in [6.07, 6.45) is 2.44. The van der Waals surface area contributed by atoms with Crippen molar-refractivity contribution in [2.24, 2.45) is 4.99 Å². The van der Waals surface area contributed by atoms with Gasteiger partial charge in [-0.3, -0.25) is 4.99 Å². The Bertz CT molecular complexity index is 633. The molecular formula is C22H39IN6O. The van der Waals surface area contributed by atoms with Crippen LogP contribution in [-0.4, -0.2) is 107 Å². The summed E-state index contributed by atoms with van der Waals surface area (Å²) >= 11 is 0. The van der Waals surface area contributed by atoms with E-state index in [0.29, 0.717) is 0 Å². The zero-order chi connectivity index (χ0) is 20.5. The van der Waals surface area contributed by atoms with Crippen molar-refractivity contribution in [2.45, 2.75) is 12.8 Å². The number of rotatable bonds is 6. The Labute approximate surface area is 199 Å². The van der Waals surface area contributed by atoms with Crippen molar-refractivity contribution >= 4 is 35.6 Å². The second kappa shape index (κ2) is 13.2. The van der Waals surface area contributed by atoms with Crippen molar-refractivity contribution < 1.29 is 4.74 Å². The van der Waals surface area contributed by atoms with Gasteiger partial charge in [-0.15, -0.1) is 24.0 Å². The summed E-state index contributed by atoms with van der Waals surface area (Å²) in [6, 6.07) is 8.35. The van der Waals surface area contributed by atoms with Gasteiger partial charge in [0.1, 0.15) is 5.75 Å². The van der Waals surface area contributed by atoms with E-state index < -0.39 is 0 Å². The number of nitrogens with zero attached hydrogens (tertiary/aromatic N) is 5. The molecule has 2 heterocycles. The van der Waals surface area contributed by atoms with Crippen LogP contribution in [0.15, 0.2) is 29.3 Å². The zero-order valence-corrected chi connectivity index (χ0v) is 21.2. The number of anilines is 1. The summed E-state index contributed by atoms with van der Waals surface area (Å²) in [4.78, 5) is 14.4. The van der Waals surface area contributed by atoms with Crippen LogP contribution in [0.25, 0.3) is 0 Å². The van der Waals surface area contributed by atoms with Crippen LogP contribution in [0, 0.1) is 0 Å². The number of hydrogen-bond donors (Lipinski definition) is 1. The number of benzene rings is 1. The molecule has 1 aromatic rings. The van der Waals surface area contributed by atoms with Gasteiger partial charge in [-0.25, -0.2) is 0 Å². The van der Waals surface area contributed by atoms with Crippen LogP contribution in [0.5, 0.6) is 5.75 Å². The van der Waals surface area contributed by atoms with Gasteiger partial charge in [0.05, 0.1) is 7.11 Å². The van der Waals surface area contributed by atoms with Gasteiger partial charge in [0.2, 0.25) is 0 Å². The number of likely N-dealkylation sites (N-methyl/N-ethyl adjacent to an activating group) is 1. The van der Waals surface area contributed by atoms with Gasteiger partial charge < -0.3 is 29.7 Å². The Kier molecular flexibility index (Phi) is 11.0. The zero-order valence-electron chi connectivity index (χ0n) is 18.8. The minimum absolute atomic E-state index is 0. The average molecular weight is 530 g/mol. The predicted molar refractivity (Wildman–Crippen MR) is 137 cm³/mol. The number of nitrogens with one attached hydrogen (secondary N) is 1. The Morgan fingerprint density at radius 3 is 2.40 bits per heavy atom. The standard InChI is InChI=1S/C22H38N6O.HI/c1-23-22(24-10-4-12-26-13-5-11-25(2)14-15-26)28-18-16-27(17-19-28)20-6-8-21(29-3)9-7-20;/h6-9H,4-5,10-19H2,1-3H3,(H,23,24);1H. The summed E-state index contributed by atoms with van der Waals surface area (Å²) in [5.41, 5.74) is 1.26. The number of hydrogen-bond acceptors (Lipinski definition) is 5. The molecule has 170 valence electrons. The van der Waals surface area contributed by atoms with Gasteiger partial charge >= 0.3 is 0 Å². The van der Waals surface area contributed by atoms with E-state index in [1.165, 1.54) is 44.8 Å². The van der Waals surface area contributed by atoms with Gasteiger partial charge in [0.25, 0.3) is 0 Å². The fourth-order valence-corrected chi connectivity index (χ4v) is 4.13. The summed E-state index contributed by atoms with van der Waals surface area (Å²) in [5, 5.41) is 3.58. The van der Waals surface area contributed by atoms with Crippen molar-refractivity contribution in [3.05, 3.63) is 24.3 Å². The Balaban J connectivity index is 0.00000320. The first-order chi connectivity index (χ1) is 14.2. The average Bonchev–Trinajstić information content (AvgIpc) is 2.98. The first kappa shape index (κ1) is 25.0. The number of methoxy groups -OCH3 is 1. The lowest BCUT2D eigenvalue weighted by Gasteiger charge is -2.37. The second-order valence-electron chi connectivity index (χ2n) is 8.00. The number of halogens is 1. The Hall–Kier alpha value is -1.26. The van der Waals surface area contributed by atoms with Crippen molar-refractivity contribution in [3.8, 4) is 5.75 Å². The monoisotopic (exact) mass is 530 g/mol. The number of aliphatic imine (C=N–C) groups is 1. The van der Waals surface area contributed by atoms with Gasteiger partial charge in [0, 0.05) is 58.5 Å². The lowest BCUT2D eigenvalue weighted by molar-refractivity contribution is 0.273. The Morgan fingerprint density at radius 1 is 1.00 bits per heavy atom. The smallest absolute Gasteiger partial charge is 0.193 e. The molecule has 3 rings (SSSR count). The largest absolute Gasteiger partial charge is 0.497 e. The number of piperazine rings is 1. The highest BCUT2D eigenvalue weighted by atomic mass is 127. The van der Waals surface area contributed by atoms with Crippen LogP contribution in [0.3, 0.4) is 0 Å². The molecule has 2 fully saturated rings. The molecule has 2 aliphatic heterocycles. The topological polar surface area (TPSA) is 46.6 Å². The second-order valence-corrected chi connectivity index (χ2v) is 8.00. The van der Waals surface area contributed by atoms with Crippen LogP contribution >= 0.6 is 24.0 Å². The Morgan fingerprint density at radius 2 is 1.73 bits per heavy atom. The number of guanidine groups is 1. The molecular weight excluding hydrogens is 491 g/mol. The molecule has 0 unspecified atom stereocenters. The van der Waals surface area contributed by atoms with E-state index in [1.54, 1.807) is 7.11 Å². The SMILES string of the molecule is CN=C(NCCCN1CCCN(C)CC1)N1CCN(c2ccc(OC)cc2)CC1.I. The lowest BCUT2D eigenvalue weighted by Crippen LogP contribution is -2.52. The van der Waals surface area contributed by atoms with Crippen LogP contribution in [-0.2, 0) is 0 Å². The van der Waals surface area contributed by atoms with Gasteiger partial charge in [-0.05, 0) is 63.8 Å². The third-order valence-corrected chi connectivity index (χ3v) is 5.97. The first-order valence-electron chi connectivity index (χ1n) is 10.9. The van der Waals surface area contributed by atoms with Crippen LogP contribution in [0.1, 0.15) is 12.8 Å². The highest BCUT2D eigenvalue weighted by Crippen LogP contribution is 2.20. The minimum atomic E-state index is 0. The van der Waals surface area contributed by atoms with Gasteiger partial charge in [-0.2, -0.15) is 0 Å². The summed E-state index contributed by atoms with van der Waals surface area (Å²) in [5.74, 6) is 1.94. The van der Waals surface area contributed by atoms with E-state index in [-0.39, 0.29) is 24.0 Å².